The lowest BCUT2D eigenvalue weighted by Gasteiger charge is -2.16. The van der Waals surface area contributed by atoms with Gasteiger partial charge in [0.2, 0.25) is 0 Å². The molecule has 21 heavy (non-hydrogen) atoms. The maximum Gasteiger partial charge on any atom is 0.255 e. The summed E-state index contributed by atoms with van der Waals surface area (Å²) in [5.74, 6) is 0.654. The molecule has 1 aliphatic heterocycles. The van der Waals surface area contributed by atoms with Gasteiger partial charge in [-0.25, -0.2) is 4.98 Å². The Kier molecular flexibility index (Phi) is 4.37. The molecule has 3 N–H and O–H groups in total. The van der Waals surface area contributed by atoms with Crippen LogP contribution in [0.25, 0.3) is 0 Å². The highest BCUT2D eigenvalue weighted by molar-refractivity contribution is 5.99. The third kappa shape index (κ3) is 2.94. The Morgan fingerprint density at radius 1 is 1.57 bits per heavy atom. The fourth-order valence-electron chi connectivity index (χ4n) is 2.32. The normalized spacial score (nSPS) is 15.1. The Labute approximate surface area is 123 Å². The van der Waals surface area contributed by atoms with Crippen molar-refractivity contribution in [1.29, 1.82) is 0 Å². The molecule has 2 heterocycles. The number of fused-ring (bicyclic) bond motifs is 1. The number of allylic oxidation sites excluding steroid dienone is 1. The molecule has 110 valence electrons. The van der Waals surface area contributed by atoms with E-state index < -0.39 is 0 Å². The highest BCUT2D eigenvalue weighted by Gasteiger charge is 2.29. The summed E-state index contributed by atoms with van der Waals surface area (Å²) in [6.07, 6.45) is 5.47. The fourth-order valence-corrected chi connectivity index (χ4v) is 2.32. The first kappa shape index (κ1) is 14.8. The van der Waals surface area contributed by atoms with Gasteiger partial charge in [0.1, 0.15) is 12.1 Å². The van der Waals surface area contributed by atoms with Crippen LogP contribution in [0.2, 0.25) is 0 Å². The van der Waals surface area contributed by atoms with E-state index in [2.05, 4.69) is 10.3 Å². The molecule has 6 nitrogen and oxygen atoms in total. The van der Waals surface area contributed by atoms with E-state index in [0.717, 1.165) is 17.4 Å². The first-order valence-electron chi connectivity index (χ1n) is 6.59. The highest BCUT2D eigenvalue weighted by atomic mass is 16.2. The molecule has 0 bridgehead atoms. The Morgan fingerprint density at radius 3 is 2.95 bits per heavy atom. The van der Waals surface area contributed by atoms with Gasteiger partial charge in [0.15, 0.2) is 0 Å². The van der Waals surface area contributed by atoms with Gasteiger partial charge >= 0.3 is 0 Å². The van der Waals surface area contributed by atoms with E-state index in [4.69, 9.17) is 5.73 Å². The van der Waals surface area contributed by atoms with E-state index in [1.165, 1.54) is 6.20 Å². The second-order valence-corrected chi connectivity index (χ2v) is 4.84. The molecule has 1 amide bonds. The molecule has 0 aliphatic carbocycles. The Bertz CT molecular complexity index is 635. The molecule has 0 unspecified atom stereocenters. The summed E-state index contributed by atoms with van der Waals surface area (Å²) < 4.78 is 0. The number of aromatic nitrogens is 1. The molecular formula is C15H18N4O2. The van der Waals surface area contributed by atoms with Gasteiger partial charge in [-0.3, -0.25) is 9.59 Å². The van der Waals surface area contributed by atoms with Crippen molar-refractivity contribution in [2.45, 2.75) is 13.5 Å². The molecule has 2 rings (SSSR count). The van der Waals surface area contributed by atoms with Gasteiger partial charge in [-0.15, -0.1) is 0 Å². The first-order chi connectivity index (χ1) is 10.1. The Balaban J connectivity index is 2.22. The quantitative estimate of drug-likeness (QED) is 0.480. The SMILES string of the molecule is CNc1nccc2c1CN(CC(C=C(C)C=O)=CN)C2=O. The zero-order valence-electron chi connectivity index (χ0n) is 12.1. The van der Waals surface area contributed by atoms with Crippen LogP contribution in [0.5, 0.6) is 0 Å². The van der Waals surface area contributed by atoms with E-state index >= 15 is 0 Å². The number of nitrogens with two attached hydrogens (primary N) is 1. The van der Waals surface area contributed by atoms with Gasteiger partial charge in [0, 0.05) is 30.9 Å². The van der Waals surface area contributed by atoms with Crippen LogP contribution in [0.3, 0.4) is 0 Å². The lowest BCUT2D eigenvalue weighted by atomic mass is 10.1. The van der Waals surface area contributed by atoms with E-state index in [9.17, 15) is 9.59 Å². The van der Waals surface area contributed by atoms with Gasteiger partial charge in [0.25, 0.3) is 5.91 Å². The summed E-state index contributed by atoms with van der Waals surface area (Å²) in [6.45, 7) is 2.53. The second kappa shape index (κ2) is 6.21. The van der Waals surface area contributed by atoms with Crippen LogP contribution in [-0.4, -0.2) is 35.7 Å². The fraction of sp³-hybridized carbons (Fsp3) is 0.267. The van der Waals surface area contributed by atoms with E-state index in [-0.39, 0.29) is 5.91 Å². The molecule has 0 aromatic carbocycles. The zero-order chi connectivity index (χ0) is 15.4. The molecule has 0 atom stereocenters. The number of hydrogen-bond donors (Lipinski definition) is 2. The van der Waals surface area contributed by atoms with Crippen LogP contribution in [0.4, 0.5) is 5.82 Å². The third-order valence-corrected chi connectivity index (χ3v) is 3.35. The highest BCUT2D eigenvalue weighted by Crippen LogP contribution is 2.28. The van der Waals surface area contributed by atoms with Crippen LogP contribution < -0.4 is 11.1 Å². The zero-order valence-corrected chi connectivity index (χ0v) is 12.1. The summed E-state index contributed by atoms with van der Waals surface area (Å²) in [6, 6.07) is 1.72. The number of pyridine rings is 1. The minimum atomic E-state index is -0.0552. The molecule has 0 saturated carbocycles. The van der Waals surface area contributed by atoms with Crippen molar-refractivity contribution >= 4 is 18.0 Å². The van der Waals surface area contributed by atoms with Crippen molar-refractivity contribution in [2.75, 3.05) is 18.9 Å². The molecule has 0 spiro atoms. The van der Waals surface area contributed by atoms with Gasteiger partial charge in [0.05, 0.1) is 6.54 Å². The number of aldehydes is 1. The van der Waals surface area contributed by atoms with Gasteiger partial charge in [-0.05, 0) is 36.4 Å². The standard InChI is InChI=1S/C15H18N4O2/c1-10(9-20)5-11(6-16)7-19-8-13-12(15(19)21)3-4-18-14(13)17-2/h3-6,9H,7-8,16H2,1-2H3,(H,17,18). The molecule has 1 aromatic rings. The second-order valence-electron chi connectivity index (χ2n) is 4.84. The summed E-state index contributed by atoms with van der Waals surface area (Å²) in [5.41, 5.74) is 8.40. The minimum absolute atomic E-state index is 0.0552. The van der Waals surface area contributed by atoms with Crippen LogP contribution in [0.15, 0.2) is 35.7 Å². The predicted octanol–water partition coefficient (Wildman–Crippen LogP) is 1.07. The number of anilines is 1. The van der Waals surface area contributed by atoms with Crippen molar-refractivity contribution in [3.8, 4) is 0 Å². The predicted molar refractivity (Wildman–Crippen MR) is 80.6 cm³/mol. The summed E-state index contributed by atoms with van der Waals surface area (Å²) in [7, 11) is 1.77. The van der Waals surface area contributed by atoms with Crippen LogP contribution in [0, 0.1) is 0 Å². The van der Waals surface area contributed by atoms with Crippen molar-refractivity contribution in [1.82, 2.24) is 9.88 Å². The van der Waals surface area contributed by atoms with Crippen molar-refractivity contribution in [3.05, 3.63) is 46.8 Å². The van der Waals surface area contributed by atoms with Gasteiger partial charge in [-0.1, -0.05) is 0 Å². The Hall–Kier alpha value is -2.63. The maximum atomic E-state index is 12.4. The van der Waals surface area contributed by atoms with Crippen LogP contribution >= 0.6 is 0 Å². The maximum absolute atomic E-state index is 12.4. The summed E-state index contributed by atoms with van der Waals surface area (Å²) in [5, 5.41) is 2.99. The van der Waals surface area contributed by atoms with Crippen LogP contribution in [0.1, 0.15) is 22.8 Å². The average molecular weight is 286 g/mol. The molecule has 1 aromatic heterocycles. The number of nitrogens with one attached hydrogen (secondary N) is 1. The molecule has 1 aliphatic rings. The number of carbonyl (C=O) groups excluding carboxylic acids is 2. The van der Waals surface area contributed by atoms with E-state index in [1.807, 2.05) is 0 Å². The monoisotopic (exact) mass is 286 g/mol. The minimum Gasteiger partial charge on any atom is -0.404 e. The first-order valence-corrected chi connectivity index (χ1v) is 6.59. The van der Waals surface area contributed by atoms with Crippen LogP contribution in [-0.2, 0) is 11.3 Å². The largest absolute Gasteiger partial charge is 0.404 e. The summed E-state index contributed by atoms with van der Waals surface area (Å²) >= 11 is 0. The van der Waals surface area contributed by atoms with Crippen molar-refractivity contribution < 1.29 is 9.59 Å². The number of nitrogens with zero attached hydrogens (tertiary/aromatic N) is 2. The number of rotatable bonds is 5. The average Bonchev–Trinajstić information content (AvgIpc) is 2.82. The third-order valence-electron chi connectivity index (χ3n) is 3.35. The van der Waals surface area contributed by atoms with Crippen molar-refractivity contribution in [3.63, 3.8) is 0 Å². The number of carbonyl (C=O) groups is 2. The van der Waals surface area contributed by atoms with Gasteiger partial charge < -0.3 is 16.0 Å². The number of hydrogen-bond acceptors (Lipinski definition) is 5. The molecule has 0 radical (unpaired) electrons. The van der Waals surface area contributed by atoms with Gasteiger partial charge in [-0.2, -0.15) is 0 Å². The molecular weight excluding hydrogens is 268 g/mol. The Morgan fingerprint density at radius 2 is 2.33 bits per heavy atom. The smallest absolute Gasteiger partial charge is 0.255 e. The summed E-state index contributed by atoms with van der Waals surface area (Å²) in [4.78, 5) is 29.0. The van der Waals surface area contributed by atoms with Crippen molar-refractivity contribution in [2.24, 2.45) is 5.73 Å². The van der Waals surface area contributed by atoms with E-state index in [0.29, 0.717) is 30.0 Å². The van der Waals surface area contributed by atoms with E-state index in [1.54, 1.807) is 37.2 Å². The molecule has 0 saturated heterocycles. The molecule has 6 heteroatoms. The lowest BCUT2D eigenvalue weighted by molar-refractivity contribution is -0.104. The lowest BCUT2D eigenvalue weighted by Crippen LogP contribution is -2.26. The molecule has 0 fully saturated rings. The number of amides is 1. The topological polar surface area (TPSA) is 88.3 Å².